The minimum absolute atomic E-state index is 0.0244. The van der Waals surface area contributed by atoms with Crippen LogP contribution in [0, 0.1) is 0 Å². The molecule has 3 amide bonds. The molecule has 5 aromatic carbocycles. The number of benzene rings is 5. The standard InChI is InChI=1S/C59H71N3O16/c1-37(64)60-48-52(68)51(67)45(29-63)74-58(48)77-54-47(36-70-31-41-21-11-5-12-22-41)76-59(50(62-39(3)66)56(54)72-33-43-25-15-7-16-26-43)78-53-46(35-69-30-40-19-9-4-10-20-40)75-57(73-34-44-27-17-8-18-28-44)49(61-38(2)65)55(53)71-32-42-23-13-6-14-24-42/h4-28,45-59,63,67-68H,29-36H2,1-3H3,(H,60,64)(H,61,65)(H,62,66)/t45-,46-,47-,48-,49-,50-,51+,52-,53+,54+,55-,56-,57-,58+,59+/m1/s1. The predicted molar refractivity (Wildman–Crippen MR) is 281 cm³/mol. The van der Waals surface area contributed by atoms with Crippen LogP contribution in [-0.2, 0) is 94.8 Å². The Kier molecular flexibility index (Phi) is 21.8. The topological polar surface area (TPSA) is 240 Å². The molecule has 0 radical (unpaired) electrons. The van der Waals surface area contributed by atoms with Gasteiger partial charge in [0, 0.05) is 20.8 Å². The lowest BCUT2D eigenvalue weighted by Crippen LogP contribution is -2.71. The Bertz CT molecular complexity index is 2580. The first-order valence-corrected chi connectivity index (χ1v) is 26.2. The molecule has 78 heavy (non-hydrogen) atoms. The van der Waals surface area contributed by atoms with E-state index in [1.165, 1.54) is 20.8 Å². The number of carbonyl (C=O) groups is 3. The maximum atomic E-state index is 13.6. The van der Waals surface area contributed by atoms with Gasteiger partial charge in [-0.1, -0.05) is 152 Å². The van der Waals surface area contributed by atoms with Crippen molar-refractivity contribution in [1.29, 1.82) is 0 Å². The molecule has 0 spiro atoms. The van der Waals surface area contributed by atoms with E-state index in [4.69, 9.17) is 47.4 Å². The van der Waals surface area contributed by atoms with Crippen LogP contribution in [0.4, 0.5) is 0 Å². The van der Waals surface area contributed by atoms with Gasteiger partial charge in [-0.15, -0.1) is 0 Å². The molecule has 8 rings (SSSR count). The van der Waals surface area contributed by atoms with Crippen LogP contribution >= 0.6 is 0 Å². The number of carbonyl (C=O) groups excluding carboxylic acids is 3. The Hall–Kier alpha value is -6.01. The number of aliphatic hydroxyl groups is 3. The van der Waals surface area contributed by atoms with Crippen molar-refractivity contribution in [1.82, 2.24) is 16.0 Å². The van der Waals surface area contributed by atoms with Crippen LogP contribution < -0.4 is 16.0 Å². The van der Waals surface area contributed by atoms with Gasteiger partial charge in [0.15, 0.2) is 18.9 Å². The van der Waals surface area contributed by atoms with Gasteiger partial charge in [0.25, 0.3) is 0 Å². The molecule has 0 aromatic heterocycles. The first kappa shape index (κ1) is 58.1. The van der Waals surface area contributed by atoms with Gasteiger partial charge in [-0.3, -0.25) is 14.4 Å². The molecule has 3 aliphatic heterocycles. The molecular weight excluding hydrogens is 1010 g/mol. The van der Waals surface area contributed by atoms with Crippen LogP contribution in [0.1, 0.15) is 48.6 Å². The molecule has 0 bridgehead atoms. The summed E-state index contributed by atoms with van der Waals surface area (Å²) in [5, 5.41) is 41.5. The second kappa shape index (κ2) is 29.3. The molecule has 3 aliphatic rings. The van der Waals surface area contributed by atoms with Gasteiger partial charge in [0.05, 0.1) is 52.9 Å². The van der Waals surface area contributed by atoms with Crippen LogP contribution in [0.3, 0.4) is 0 Å². The number of hydrogen-bond donors (Lipinski definition) is 6. The second-order valence-electron chi connectivity index (χ2n) is 19.5. The van der Waals surface area contributed by atoms with E-state index in [1.54, 1.807) is 0 Å². The Balaban J connectivity index is 1.22. The van der Waals surface area contributed by atoms with Gasteiger partial charge in [0.2, 0.25) is 17.7 Å². The summed E-state index contributed by atoms with van der Waals surface area (Å²) in [4.78, 5) is 39.7. The Morgan fingerprint density at radius 2 is 0.731 bits per heavy atom. The molecule has 0 unspecified atom stereocenters. The molecular formula is C59H71N3O16. The normalized spacial score (nSPS) is 29.0. The summed E-state index contributed by atoms with van der Waals surface area (Å²) >= 11 is 0. The molecule has 6 N–H and O–H groups in total. The number of hydrogen-bond acceptors (Lipinski definition) is 16. The van der Waals surface area contributed by atoms with Gasteiger partial charge in [-0.2, -0.15) is 0 Å². The average Bonchev–Trinajstić information content (AvgIpc) is 3.54. The van der Waals surface area contributed by atoms with E-state index in [-0.39, 0.29) is 46.2 Å². The molecule has 418 valence electrons. The molecule has 19 heteroatoms. The number of nitrogens with one attached hydrogen (secondary N) is 3. The largest absolute Gasteiger partial charge is 0.394 e. The van der Waals surface area contributed by atoms with E-state index in [2.05, 4.69) is 16.0 Å². The molecule has 19 nitrogen and oxygen atoms in total. The lowest BCUT2D eigenvalue weighted by molar-refractivity contribution is -0.361. The SMILES string of the molecule is CC(=O)N[C@H]1[C@H](O[C@@H]2[C@H](OCc3ccccc3)[C@@H](NC(C)=O)[C@H](O[C@@H]3[C@H](OCc4ccccc4)[C@@H](NC(C)=O)[C@H](OCc4ccccc4)O[C@@H]3COCc3ccccc3)O[C@@H]2COCc2ccccc2)O[C@H](CO)[C@H](O)[C@@H]1O. The fourth-order valence-corrected chi connectivity index (χ4v) is 9.75. The highest BCUT2D eigenvalue weighted by Crippen LogP contribution is 2.36. The number of rotatable bonds is 25. The van der Waals surface area contributed by atoms with Crippen LogP contribution in [0.25, 0.3) is 0 Å². The zero-order valence-corrected chi connectivity index (χ0v) is 43.9. The molecule has 3 heterocycles. The zero-order valence-electron chi connectivity index (χ0n) is 43.9. The van der Waals surface area contributed by atoms with E-state index in [0.29, 0.717) is 0 Å². The quantitative estimate of drug-likeness (QED) is 0.0485. The summed E-state index contributed by atoms with van der Waals surface area (Å²) in [6.07, 6.45) is -15.6. The number of aliphatic hydroxyl groups excluding tert-OH is 3. The van der Waals surface area contributed by atoms with Gasteiger partial charge in [0.1, 0.15) is 73.1 Å². The minimum atomic E-state index is -1.66. The summed E-state index contributed by atoms with van der Waals surface area (Å²) in [7, 11) is 0. The van der Waals surface area contributed by atoms with Gasteiger partial charge in [-0.25, -0.2) is 0 Å². The van der Waals surface area contributed by atoms with E-state index in [9.17, 15) is 29.7 Å². The summed E-state index contributed by atoms with van der Waals surface area (Å²) in [6.45, 7) is 3.45. The molecule has 3 fully saturated rings. The third-order valence-corrected chi connectivity index (χ3v) is 13.5. The molecule has 15 atom stereocenters. The summed E-state index contributed by atoms with van der Waals surface area (Å²) in [5.74, 6) is -1.47. The van der Waals surface area contributed by atoms with Gasteiger partial charge in [-0.05, 0) is 27.8 Å². The second-order valence-corrected chi connectivity index (χ2v) is 19.5. The van der Waals surface area contributed by atoms with Crippen molar-refractivity contribution in [2.75, 3.05) is 19.8 Å². The summed E-state index contributed by atoms with van der Waals surface area (Å²) < 4.78 is 67.3. The third-order valence-electron chi connectivity index (χ3n) is 13.5. The van der Waals surface area contributed by atoms with Crippen molar-refractivity contribution in [3.8, 4) is 0 Å². The highest BCUT2D eigenvalue weighted by Gasteiger charge is 2.56. The first-order chi connectivity index (χ1) is 37.9. The Morgan fingerprint density at radius 1 is 0.410 bits per heavy atom. The smallest absolute Gasteiger partial charge is 0.217 e. The van der Waals surface area contributed by atoms with E-state index >= 15 is 0 Å². The molecule has 3 saturated heterocycles. The van der Waals surface area contributed by atoms with Crippen LogP contribution in [0.2, 0.25) is 0 Å². The van der Waals surface area contributed by atoms with Gasteiger partial charge >= 0.3 is 0 Å². The van der Waals surface area contributed by atoms with Gasteiger partial charge < -0.3 is 78.6 Å². The van der Waals surface area contributed by atoms with Crippen molar-refractivity contribution in [3.63, 3.8) is 0 Å². The first-order valence-electron chi connectivity index (χ1n) is 26.2. The highest BCUT2D eigenvalue weighted by atomic mass is 16.8. The number of amides is 3. The zero-order chi connectivity index (χ0) is 54.8. The average molecular weight is 1080 g/mol. The monoisotopic (exact) mass is 1080 g/mol. The highest BCUT2D eigenvalue weighted by molar-refractivity contribution is 5.74. The Labute approximate surface area is 454 Å². The van der Waals surface area contributed by atoms with Crippen molar-refractivity contribution >= 4 is 17.7 Å². The third kappa shape index (κ3) is 16.3. The summed E-state index contributed by atoms with van der Waals surface area (Å²) in [5.41, 5.74) is 4.18. The lowest BCUT2D eigenvalue weighted by Gasteiger charge is -2.51. The van der Waals surface area contributed by atoms with Crippen LogP contribution in [0.15, 0.2) is 152 Å². The molecule has 0 saturated carbocycles. The minimum Gasteiger partial charge on any atom is -0.394 e. The summed E-state index contributed by atoms with van der Waals surface area (Å²) in [6, 6.07) is 43.8. The number of ether oxygens (including phenoxy) is 10. The fourth-order valence-electron chi connectivity index (χ4n) is 9.75. The van der Waals surface area contributed by atoms with E-state index < -0.39 is 116 Å². The fraction of sp³-hybridized carbons (Fsp3) is 0.441. The van der Waals surface area contributed by atoms with Crippen molar-refractivity contribution in [3.05, 3.63) is 179 Å². The van der Waals surface area contributed by atoms with E-state index in [1.807, 2.05) is 152 Å². The van der Waals surface area contributed by atoms with Crippen LogP contribution in [0.5, 0.6) is 0 Å². The predicted octanol–water partition coefficient (Wildman–Crippen LogP) is 3.98. The Morgan fingerprint density at radius 3 is 1.12 bits per heavy atom. The van der Waals surface area contributed by atoms with Crippen molar-refractivity contribution in [2.24, 2.45) is 0 Å². The lowest BCUT2D eigenvalue weighted by atomic mass is 9.93. The maximum Gasteiger partial charge on any atom is 0.217 e. The van der Waals surface area contributed by atoms with Crippen molar-refractivity contribution < 1.29 is 77.1 Å². The maximum absolute atomic E-state index is 13.6. The van der Waals surface area contributed by atoms with Crippen LogP contribution in [-0.4, -0.2) is 145 Å². The van der Waals surface area contributed by atoms with E-state index in [0.717, 1.165) is 27.8 Å². The van der Waals surface area contributed by atoms with Crippen molar-refractivity contribution in [2.45, 2.75) is 146 Å². The molecule has 5 aromatic rings. The molecule has 0 aliphatic carbocycles.